The SMILES string of the molecule is CC(C)CC(=O)Nc1ccc(C(=O)NC2CCN(C)CC2)cc1F. The van der Waals surface area contributed by atoms with Crippen molar-refractivity contribution in [3.05, 3.63) is 29.6 Å². The number of benzene rings is 1. The van der Waals surface area contributed by atoms with Crippen molar-refractivity contribution in [2.45, 2.75) is 39.2 Å². The van der Waals surface area contributed by atoms with Crippen LogP contribution in [0.5, 0.6) is 0 Å². The minimum absolute atomic E-state index is 0.108. The first-order valence-electron chi connectivity index (χ1n) is 8.44. The van der Waals surface area contributed by atoms with Gasteiger partial charge in [0.2, 0.25) is 5.91 Å². The van der Waals surface area contributed by atoms with Gasteiger partial charge in [-0.1, -0.05) is 13.8 Å². The number of piperidine rings is 1. The smallest absolute Gasteiger partial charge is 0.251 e. The van der Waals surface area contributed by atoms with Crippen LogP contribution in [0.3, 0.4) is 0 Å². The van der Waals surface area contributed by atoms with E-state index in [2.05, 4.69) is 22.6 Å². The number of nitrogens with one attached hydrogen (secondary N) is 2. The fourth-order valence-corrected chi connectivity index (χ4v) is 2.75. The van der Waals surface area contributed by atoms with Gasteiger partial charge in [0.15, 0.2) is 0 Å². The lowest BCUT2D eigenvalue weighted by Crippen LogP contribution is -2.43. The minimum Gasteiger partial charge on any atom is -0.349 e. The zero-order valence-electron chi connectivity index (χ0n) is 14.6. The standard InChI is InChI=1S/C18H26FN3O2/c1-12(2)10-17(23)21-16-5-4-13(11-15(16)19)18(24)20-14-6-8-22(3)9-7-14/h4-5,11-12,14H,6-10H2,1-3H3,(H,20,24)(H,21,23). The summed E-state index contributed by atoms with van der Waals surface area (Å²) < 4.78 is 14.1. The minimum atomic E-state index is -0.594. The lowest BCUT2D eigenvalue weighted by Gasteiger charge is -2.29. The fraction of sp³-hybridized carbons (Fsp3) is 0.556. The number of halogens is 1. The molecule has 0 spiro atoms. The van der Waals surface area contributed by atoms with Gasteiger partial charge >= 0.3 is 0 Å². The summed E-state index contributed by atoms with van der Waals surface area (Å²) >= 11 is 0. The summed E-state index contributed by atoms with van der Waals surface area (Å²) in [5.74, 6) is -0.897. The van der Waals surface area contributed by atoms with Crippen molar-refractivity contribution in [2.24, 2.45) is 5.92 Å². The Morgan fingerprint density at radius 2 is 1.96 bits per heavy atom. The molecule has 0 saturated carbocycles. The average molecular weight is 335 g/mol. The first-order chi connectivity index (χ1) is 11.3. The first-order valence-corrected chi connectivity index (χ1v) is 8.44. The molecule has 24 heavy (non-hydrogen) atoms. The molecule has 1 fully saturated rings. The molecule has 132 valence electrons. The number of carbonyl (C=O) groups is 2. The summed E-state index contributed by atoms with van der Waals surface area (Å²) in [6, 6.07) is 4.28. The topological polar surface area (TPSA) is 61.4 Å². The largest absolute Gasteiger partial charge is 0.349 e. The van der Waals surface area contributed by atoms with E-state index >= 15 is 0 Å². The zero-order valence-corrected chi connectivity index (χ0v) is 14.6. The van der Waals surface area contributed by atoms with Crippen molar-refractivity contribution in [3.63, 3.8) is 0 Å². The van der Waals surface area contributed by atoms with E-state index in [1.807, 2.05) is 13.8 Å². The number of likely N-dealkylation sites (tertiary alicyclic amines) is 1. The van der Waals surface area contributed by atoms with Crippen molar-refractivity contribution in [1.82, 2.24) is 10.2 Å². The maximum absolute atomic E-state index is 14.1. The third-order valence-corrected chi connectivity index (χ3v) is 4.15. The zero-order chi connectivity index (χ0) is 17.7. The van der Waals surface area contributed by atoms with Gasteiger partial charge in [0, 0.05) is 18.0 Å². The van der Waals surface area contributed by atoms with E-state index in [9.17, 15) is 14.0 Å². The van der Waals surface area contributed by atoms with Crippen molar-refractivity contribution >= 4 is 17.5 Å². The van der Waals surface area contributed by atoms with Crippen LogP contribution in [-0.4, -0.2) is 42.9 Å². The summed E-state index contributed by atoms with van der Waals surface area (Å²) in [6.07, 6.45) is 2.12. The molecule has 0 aliphatic carbocycles. The first kappa shape index (κ1) is 18.4. The van der Waals surface area contributed by atoms with Crippen LogP contribution < -0.4 is 10.6 Å². The maximum Gasteiger partial charge on any atom is 0.251 e. The summed E-state index contributed by atoms with van der Waals surface area (Å²) in [6.45, 7) is 5.74. The highest BCUT2D eigenvalue weighted by Gasteiger charge is 2.20. The Balaban J connectivity index is 1.95. The molecule has 1 saturated heterocycles. The molecular formula is C18H26FN3O2. The van der Waals surface area contributed by atoms with Gasteiger partial charge in [-0.15, -0.1) is 0 Å². The molecule has 2 amide bonds. The van der Waals surface area contributed by atoms with Crippen LogP contribution in [0.1, 0.15) is 43.5 Å². The van der Waals surface area contributed by atoms with E-state index in [4.69, 9.17) is 0 Å². The number of carbonyl (C=O) groups excluding carboxylic acids is 2. The Kier molecular flexibility index (Phi) is 6.31. The van der Waals surface area contributed by atoms with Crippen molar-refractivity contribution in [3.8, 4) is 0 Å². The van der Waals surface area contributed by atoms with E-state index < -0.39 is 5.82 Å². The summed E-state index contributed by atoms with van der Waals surface area (Å²) in [5, 5.41) is 5.49. The van der Waals surface area contributed by atoms with E-state index in [1.165, 1.54) is 12.1 Å². The number of anilines is 1. The van der Waals surface area contributed by atoms with Crippen molar-refractivity contribution in [2.75, 3.05) is 25.5 Å². The number of hydrogen-bond donors (Lipinski definition) is 2. The monoisotopic (exact) mass is 335 g/mol. The van der Waals surface area contributed by atoms with Crippen LogP contribution in [0, 0.1) is 11.7 Å². The number of rotatable bonds is 5. The lowest BCUT2D eigenvalue weighted by molar-refractivity contribution is -0.116. The van der Waals surface area contributed by atoms with Gasteiger partial charge in [-0.25, -0.2) is 4.39 Å². The molecule has 0 atom stereocenters. The van der Waals surface area contributed by atoms with Crippen molar-refractivity contribution in [1.29, 1.82) is 0 Å². The lowest BCUT2D eigenvalue weighted by atomic mass is 10.0. The molecule has 1 heterocycles. The number of hydrogen-bond acceptors (Lipinski definition) is 3. The number of amides is 2. The van der Waals surface area contributed by atoms with E-state index in [0.717, 1.165) is 25.9 Å². The predicted molar refractivity (Wildman–Crippen MR) is 92.5 cm³/mol. The van der Waals surface area contributed by atoms with E-state index in [1.54, 1.807) is 6.07 Å². The maximum atomic E-state index is 14.1. The van der Waals surface area contributed by atoms with Gasteiger partial charge in [-0.2, -0.15) is 0 Å². The molecule has 0 bridgehead atoms. The van der Waals surface area contributed by atoms with E-state index in [-0.39, 0.29) is 35.0 Å². The molecule has 1 aromatic rings. The average Bonchev–Trinajstić information content (AvgIpc) is 2.50. The predicted octanol–water partition coefficient (Wildman–Crippen LogP) is 2.63. The van der Waals surface area contributed by atoms with Gasteiger partial charge in [-0.3, -0.25) is 9.59 Å². The number of nitrogens with zero attached hydrogens (tertiary/aromatic N) is 1. The van der Waals surface area contributed by atoms with Crippen LogP contribution in [0.4, 0.5) is 10.1 Å². The molecule has 1 aliphatic rings. The molecule has 0 aromatic heterocycles. The Morgan fingerprint density at radius 3 is 2.54 bits per heavy atom. The van der Waals surface area contributed by atoms with Crippen LogP contribution >= 0.6 is 0 Å². The second-order valence-corrected chi connectivity index (χ2v) is 6.89. The quantitative estimate of drug-likeness (QED) is 0.869. The van der Waals surface area contributed by atoms with Gasteiger partial charge in [0.25, 0.3) is 5.91 Å². The Hall–Kier alpha value is -1.95. The molecular weight excluding hydrogens is 309 g/mol. The van der Waals surface area contributed by atoms with Crippen LogP contribution in [0.2, 0.25) is 0 Å². The summed E-state index contributed by atoms with van der Waals surface area (Å²) in [5.41, 5.74) is 0.379. The molecule has 2 rings (SSSR count). The van der Waals surface area contributed by atoms with Gasteiger partial charge < -0.3 is 15.5 Å². The fourth-order valence-electron chi connectivity index (χ4n) is 2.75. The second kappa shape index (κ2) is 8.24. The van der Waals surface area contributed by atoms with Crippen LogP contribution in [-0.2, 0) is 4.79 Å². The second-order valence-electron chi connectivity index (χ2n) is 6.89. The molecule has 0 radical (unpaired) electrons. The summed E-state index contributed by atoms with van der Waals surface area (Å²) in [4.78, 5) is 26.2. The highest BCUT2D eigenvalue weighted by molar-refractivity contribution is 5.96. The van der Waals surface area contributed by atoms with E-state index in [0.29, 0.717) is 6.42 Å². The normalized spacial score (nSPS) is 16.2. The highest BCUT2D eigenvalue weighted by atomic mass is 19.1. The highest BCUT2D eigenvalue weighted by Crippen LogP contribution is 2.17. The Morgan fingerprint density at radius 1 is 1.29 bits per heavy atom. The third kappa shape index (κ3) is 5.30. The van der Waals surface area contributed by atoms with Gasteiger partial charge in [0.1, 0.15) is 5.82 Å². The Labute approximate surface area is 142 Å². The van der Waals surface area contributed by atoms with Crippen LogP contribution in [0.15, 0.2) is 18.2 Å². The van der Waals surface area contributed by atoms with Crippen LogP contribution in [0.25, 0.3) is 0 Å². The van der Waals surface area contributed by atoms with Crippen molar-refractivity contribution < 1.29 is 14.0 Å². The molecule has 2 N–H and O–H groups in total. The molecule has 0 unspecified atom stereocenters. The molecule has 6 heteroatoms. The van der Waals surface area contributed by atoms with Gasteiger partial charge in [0.05, 0.1) is 5.69 Å². The molecule has 1 aromatic carbocycles. The Bertz CT molecular complexity index is 596. The van der Waals surface area contributed by atoms with Gasteiger partial charge in [-0.05, 0) is 57.1 Å². The third-order valence-electron chi connectivity index (χ3n) is 4.15. The molecule has 1 aliphatic heterocycles. The summed E-state index contributed by atoms with van der Waals surface area (Å²) in [7, 11) is 2.06. The molecule has 5 nitrogen and oxygen atoms in total.